The zero-order valence-corrected chi connectivity index (χ0v) is 12.0. The number of fused-ring (bicyclic) bond motifs is 1. The fraction of sp³-hybridized carbons (Fsp3) is 0.400. The molecule has 0 radical (unpaired) electrons. The summed E-state index contributed by atoms with van der Waals surface area (Å²) >= 11 is 0. The van der Waals surface area contributed by atoms with Crippen molar-refractivity contribution in [1.29, 1.82) is 0 Å². The van der Waals surface area contributed by atoms with Crippen molar-refractivity contribution >= 4 is 5.82 Å². The summed E-state index contributed by atoms with van der Waals surface area (Å²) in [7, 11) is 1.88. The Morgan fingerprint density at radius 1 is 1.10 bits per heavy atom. The number of pyridine rings is 1. The molecule has 0 aliphatic carbocycles. The Hall–Kier alpha value is -2.01. The SMILES string of the molecule is CNc1nc(-c2cc(C)nc(C)c2)nc2c1COCC2. The molecule has 0 bridgehead atoms. The van der Waals surface area contributed by atoms with Gasteiger partial charge in [0.2, 0.25) is 0 Å². The van der Waals surface area contributed by atoms with Crippen LogP contribution in [0.1, 0.15) is 22.6 Å². The summed E-state index contributed by atoms with van der Waals surface area (Å²) in [6, 6.07) is 4.04. The Balaban J connectivity index is 2.14. The number of ether oxygens (including phenoxy) is 1. The molecule has 5 heteroatoms. The summed E-state index contributed by atoms with van der Waals surface area (Å²) < 4.78 is 5.49. The first kappa shape index (κ1) is 13.0. The molecule has 0 amide bonds. The normalized spacial score (nSPS) is 13.9. The summed E-state index contributed by atoms with van der Waals surface area (Å²) in [4.78, 5) is 13.7. The summed E-state index contributed by atoms with van der Waals surface area (Å²) in [5.41, 5.74) is 5.13. The Morgan fingerprint density at radius 2 is 1.85 bits per heavy atom. The summed E-state index contributed by atoms with van der Waals surface area (Å²) in [5, 5.41) is 3.15. The molecule has 0 spiro atoms. The van der Waals surface area contributed by atoms with Crippen molar-refractivity contribution < 1.29 is 4.74 Å². The molecule has 5 nitrogen and oxygen atoms in total. The van der Waals surface area contributed by atoms with Gasteiger partial charge in [-0.15, -0.1) is 0 Å². The lowest BCUT2D eigenvalue weighted by atomic mass is 10.1. The molecular weight excluding hydrogens is 252 g/mol. The minimum atomic E-state index is 0.584. The lowest BCUT2D eigenvalue weighted by Gasteiger charge is -2.19. The summed E-state index contributed by atoms with van der Waals surface area (Å²) in [6.45, 7) is 5.28. The Kier molecular flexibility index (Phi) is 3.36. The lowest BCUT2D eigenvalue weighted by Crippen LogP contribution is -2.16. The summed E-state index contributed by atoms with van der Waals surface area (Å²) in [5.74, 6) is 1.61. The Bertz CT molecular complexity index is 617. The molecule has 104 valence electrons. The first-order chi connectivity index (χ1) is 9.67. The van der Waals surface area contributed by atoms with Crippen LogP contribution in [0.25, 0.3) is 11.4 Å². The molecule has 0 unspecified atom stereocenters. The highest BCUT2D eigenvalue weighted by Gasteiger charge is 2.18. The van der Waals surface area contributed by atoms with E-state index in [1.54, 1.807) is 0 Å². The summed E-state index contributed by atoms with van der Waals surface area (Å²) in [6.07, 6.45) is 0.836. The highest BCUT2D eigenvalue weighted by Crippen LogP contribution is 2.26. The second-order valence-corrected chi connectivity index (χ2v) is 5.01. The van der Waals surface area contributed by atoms with Gasteiger partial charge in [0, 0.05) is 36.0 Å². The highest BCUT2D eigenvalue weighted by molar-refractivity contribution is 5.60. The number of hydrogen-bond donors (Lipinski definition) is 1. The van der Waals surface area contributed by atoms with E-state index in [2.05, 4.69) is 15.3 Å². The van der Waals surface area contributed by atoms with Gasteiger partial charge in [-0.05, 0) is 26.0 Å². The predicted octanol–water partition coefficient (Wildman–Crippen LogP) is 2.27. The number of hydrogen-bond acceptors (Lipinski definition) is 5. The van der Waals surface area contributed by atoms with E-state index in [0.717, 1.165) is 52.9 Å². The molecule has 2 aromatic rings. The van der Waals surface area contributed by atoms with E-state index < -0.39 is 0 Å². The molecule has 0 saturated heterocycles. The third kappa shape index (κ3) is 2.36. The maximum atomic E-state index is 5.49. The number of nitrogens with one attached hydrogen (secondary N) is 1. The van der Waals surface area contributed by atoms with Crippen molar-refractivity contribution in [2.75, 3.05) is 19.0 Å². The fourth-order valence-electron chi connectivity index (χ4n) is 2.53. The maximum absolute atomic E-state index is 5.49. The van der Waals surface area contributed by atoms with Crippen LogP contribution in [0.5, 0.6) is 0 Å². The quantitative estimate of drug-likeness (QED) is 0.907. The van der Waals surface area contributed by atoms with Crippen LogP contribution in [0, 0.1) is 13.8 Å². The number of aromatic nitrogens is 3. The zero-order chi connectivity index (χ0) is 14.1. The number of nitrogens with zero attached hydrogens (tertiary/aromatic N) is 3. The van der Waals surface area contributed by atoms with Crippen LogP contribution >= 0.6 is 0 Å². The minimum Gasteiger partial charge on any atom is -0.376 e. The van der Waals surface area contributed by atoms with E-state index in [9.17, 15) is 0 Å². The number of anilines is 1. The van der Waals surface area contributed by atoms with E-state index in [0.29, 0.717) is 6.61 Å². The molecule has 2 aromatic heterocycles. The molecule has 3 rings (SSSR count). The highest BCUT2D eigenvalue weighted by atomic mass is 16.5. The second kappa shape index (κ2) is 5.17. The Labute approximate surface area is 118 Å². The van der Waals surface area contributed by atoms with Gasteiger partial charge in [0.05, 0.1) is 18.9 Å². The molecule has 20 heavy (non-hydrogen) atoms. The molecular formula is C15H18N4O. The van der Waals surface area contributed by atoms with Gasteiger partial charge < -0.3 is 10.1 Å². The van der Waals surface area contributed by atoms with Crippen molar-refractivity contribution in [1.82, 2.24) is 15.0 Å². The molecule has 0 fully saturated rings. The van der Waals surface area contributed by atoms with Crippen LogP contribution in [0.15, 0.2) is 12.1 Å². The number of rotatable bonds is 2. The topological polar surface area (TPSA) is 59.9 Å². The van der Waals surface area contributed by atoms with Crippen LogP contribution in [-0.2, 0) is 17.8 Å². The third-order valence-electron chi connectivity index (χ3n) is 3.40. The first-order valence-corrected chi connectivity index (χ1v) is 6.78. The van der Waals surface area contributed by atoms with E-state index in [1.165, 1.54) is 0 Å². The van der Waals surface area contributed by atoms with Crippen molar-refractivity contribution in [2.45, 2.75) is 26.9 Å². The van der Waals surface area contributed by atoms with Crippen molar-refractivity contribution in [3.8, 4) is 11.4 Å². The average molecular weight is 270 g/mol. The van der Waals surface area contributed by atoms with Crippen molar-refractivity contribution in [2.24, 2.45) is 0 Å². The minimum absolute atomic E-state index is 0.584. The first-order valence-electron chi connectivity index (χ1n) is 6.78. The van der Waals surface area contributed by atoms with Gasteiger partial charge in [-0.3, -0.25) is 4.98 Å². The predicted molar refractivity (Wildman–Crippen MR) is 77.6 cm³/mol. The molecule has 1 aliphatic heterocycles. The van der Waals surface area contributed by atoms with Crippen LogP contribution in [-0.4, -0.2) is 28.6 Å². The van der Waals surface area contributed by atoms with Crippen molar-refractivity contribution in [3.63, 3.8) is 0 Å². The average Bonchev–Trinajstić information content (AvgIpc) is 2.45. The zero-order valence-electron chi connectivity index (χ0n) is 12.0. The van der Waals surface area contributed by atoms with Gasteiger partial charge in [0.25, 0.3) is 0 Å². The monoisotopic (exact) mass is 270 g/mol. The standard InChI is InChI=1S/C15H18N4O/c1-9-6-11(7-10(2)17-9)14-18-13-4-5-20-8-12(13)15(16-3)19-14/h6-7H,4-5,8H2,1-3H3,(H,16,18,19). The van der Waals surface area contributed by atoms with Crippen molar-refractivity contribution in [3.05, 3.63) is 34.8 Å². The third-order valence-corrected chi connectivity index (χ3v) is 3.40. The van der Waals surface area contributed by atoms with Gasteiger partial charge in [-0.2, -0.15) is 0 Å². The van der Waals surface area contributed by atoms with Crippen LogP contribution < -0.4 is 5.32 Å². The molecule has 1 N–H and O–H groups in total. The van der Waals surface area contributed by atoms with Crippen LogP contribution in [0.4, 0.5) is 5.82 Å². The smallest absolute Gasteiger partial charge is 0.161 e. The molecule has 1 aliphatic rings. The van der Waals surface area contributed by atoms with Crippen LogP contribution in [0.2, 0.25) is 0 Å². The molecule has 0 aromatic carbocycles. The van der Waals surface area contributed by atoms with Crippen LogP contribution in [0.3, 0.4) is 0 Å². The van der Waals surface area contributed by atoms with E-state index in [1.807, 2.05) is 33.0 Å². The van der Waals surface area contributed by atoms with Gasteiger partial charge in [0.1, 0.15) is 5.82 Å². The molecule has 0 atom stereocenters. The van der Waals surface area contributed by atoms with Gasteiger partial charge >= 0.3 is 0 Å². The van der Waals surface area contributed by atoms with Gasteiger partial charge in [0.15, 0.2) is 5.82 Å². The van der Waals surface area contributed by atoms with E-state index in [4.69, 9.17) is 9.72 Å². The largest absolute Gasteiger partial charge is 0.376 e. The molecule has 0 saturated carbocycles. The van der Waals surface area contributed by atoms with Gasteiger partial charge in [-0.1, -0.05) is 0 Å². The second-order valence-electron chi connectivity index (χ2n) is 5.01. The maximum Gasteiger partial charge on any atom is 0.161 e. The lowest BCUT2D eigenvalue weighted by molar-refractivity contribution is 0.109. The number of aryl methyl sites for hydroxylation is 2. The van der Waals surface area contributed by atoms with E-state index in [-0.39, 0.29) is 0 Å². The molecule has 3 heterocycles. The Morgan fingerprint density at radius 3 is 2.55 bits per heavy atom. The van der Waals surface area contributed by atoms with E-state index >= 15 is 0 Å². The van der Waals surface area contributed by atoms with Gasteiger partial charge in [-0.25, -0.2) is 9.97 Å². The fourth-order valence-corrected chi connectivity index (χ4v) is 2.53.